The molecule has 0 saturated carbocycles. The van der Waals surface area contributed by atoms with Gasteiger partial charge in [-0.2, -0.15) is 0 Å². The molecular weight excluding hydrogens is 494 g/mol. The van der Waals surface area contributed by atoms with Gasteiger partial charge in [0.15, 0.2) is 5.76 Å². The molecule has 0 aliphatic heterocycles. The number of fused-ring (bicyclic) bond motifs is 1. The van der Waals surface area contributed by atoms with Crippen molar-refractivity contribution in [3.05, 3.63) is 82.1 Å². The lowest BCUT2D eigenvalue weighted by Crippen LogP contribution is -2.14. The Labute approximate surface area is 218 Å². The van der Waals surface area contributed by atoms with E-state index in [1.54, 1.807) is 19.9 Å². The van der Waals surface area contributed by atoms with Gasteiger partial charge >= 0.3 is 11.9 Å². The average molecular weight is 522 g/mol. The average Bonchev–Trinajstić information content (AvgIpc) is 3.50. The molecule has 0 atom stereocenters. The molecule has 0 spiro atoms. The normalized spacial score (nSPS) is 10.8. The van der Waals surface area contributed by atoms with Gasteiger partial charge in [0.05, 0.1) is 18.8 Å². The number of nitrogens with one attached hydrogen (secondary N) is 1. The van der Waals surface area contributed by atoms with Crippen LogP contribution in [-0.2, 0) is 16.1 Å². The van der Waals surface area contributed by atoms with Crippen LogP contribution in [0.25, 0.3) is 10.8 Å². The molecule has 2 aromatic carbocycles. The third-order valence-electron chi connectivity index (χ3n) is 5.46. The first-order valence-electron chi connectivity index (χ1n) is 11.9. The molecule has 0 aliphatic rings. The van der Waals surface area contributed by atoms with E-state index in [9.17, 15) is 14.4 Å². The molecule has 1 N–H and O–H groups in total. The van der Waals surface area contributed by atoms with Crippen LogP contribution < -0.4 is 10.1 Å². The Kier molecular flexibility index (Phi) is 8.25. The van der Waals surface area contributed by atoms with E-state index in [1.807, 2.05) is 49.4 Å². The number of hydrogen-bond donors (Lipinski definition) is 1. The Hall–Kier alpha value is -4.11. The SMILES string of the molecule is CCCOC(=O)c1c(NC(=O)c2ccc(COc3ccc4ccccc4c3)o2)sc(C(=O)OCC)c1C. The van der Waals surface area contributed by atoms with E-state index in [4.69, 9.17) is 18.6 Å². The molecule has 0 unspecified atom stereocenters. The third-order valence-corrected chi connectivity index (χ3v) is 6.65. The van der Waals surface area contributed by atoms with Crippen molar-refractivity contribution in [2.75, 3.05) is 18.5 Å². The molecule has 0 saturated heterocycles. The van der Waals surface area contributed by atoms with Crippen molar-refractivity contribution in [3.8, 4) is 5.75 Å². The van der Waals surface area contributed by atoms with Crippen LogP contribution in [0.4, 0.5) is 5.00 Å². The number of carbonyl (C=O) groups excluding carboxylic acids is 3. The number of carbonyl (C=O) groups is 3. The number of amides is 1. The zero-order valence-corrected chi connectivity index (χ0v) is 21.6. The van der Waals surface area contributed by atoms with Crippen molar-refractivity contribution in [3.63, 3.8) is 0 Å². The van der Waals surface area contributed by atoms with Gasteiger partial charge in [-0.1, -0.05) is 37.3 Å². The minimum Gasteiger partial charge on any atom is -0.486 e. The summed E-state index contributed by atoms with van der Waals surface area (Å²) in [5, 5.41) is 5.05. The molecule has 0 bridgehead atoms. The maximum atomic E-state index is 12.9. The number of furan rings is 1. The lowest BCUT2D eigenvalue weighted by molar-refractivity contribution is 0.0506. The fourth-order valence-electron chi connectivity index (χ4n) is 3.66. The maximum absolute atomic E-state index is 12.9. The molecule has 0 aliphatic carbocycles. The Bertz CT molecular complexity index is 1440. The fourth-order valence-corrected chi connectivity index (χ4v) is 4.74. The third kappa shape index (κ3) is 6.00. The lowest BCUT2D eigenvalue weighted by Gasteiger charge is -2.07. The van der Waals surface area contributed by atoms with Gasteiger partial charge < -0.3 is 23.9 Å². The van der Waals surface area contributed by atoms with Gasteiger partial charge in [-0.05, 0) is 60.9 Å². The molecule has 0 fully saturated rings. The first kappa shape index (κ1) is 26.0. The minimum absolute atomic E-state index is 0.0359. The highest BCUT2D eigenvalue weighted by atomic mass is 32.1. The van der Waals surface area contributed by atoms with Crippen LogP contribution in [0.15, 0.2) is 59.0 Å². The van der Waals surface area contributed by atoms with Crippen LogP contribution in [0.2, 0.25) is 0 Å². The van der Waals surface area contributed by atoms with Crippen molar-refractivity contribution >= 4 is 45.0 Å². The van der Waals surface area contributed by atoms with E-state index < -0.39 is 17.8 Å². The summed E-state index contributed by atoms with van der Waals surface area (Å²) in [4.78, 5) is 38.3. The van der Waals surface area contributed by atoms with Crippen molar-refractivity contribution in [1.29, 1.82) is 0 Å². The summed E-state index contributed by atoms with van der Waals surface area (Å²) < 4.78 is 21.9. The van der Waals surface area contributed by atoms with Gasteiger partial charge in [0, 0.05) is 0 Å². The molecule has 2 heterocycles. The van der Waals surface area contributed by atoms with Crippen LogP contribution in [0, 0.1) is 6.92 Å². The summed E-state index contributed by atoms with van der Waals surface area (Å²) in [5.74, 6) is -0.592. The second kappa shape index (κ2) is 11.7. The number of anilines is 1. The molecule has 0 radical (unpaired) electrons. The summed E-state index contributed by atoms with van der Waals surface area (Å²) in [5.41, 5.74) is 0.519. The number of thiophene rings is 1. The molecule has 4 rings (SSSR count). The molecular formula is C28H27NO7S. The van der Waals surface area contributed by atoms with E-state index in [1.165, 1.54) is 6.07 Å². The number of benzene rings is 2. The highest BCUT2D eigenvalue weighted by molar-refractivity contribution is 7.18. The number of esters is 2. The largest absolute Gasteiger partial charge is 0.486 e. The first-order valence-corrected chi connectivity index (χ1v) is 12.7. The van der Waals surface area contributed by atoms with Gasteiger partial charge in [0.25, 0.3) is 5.91 Å². The Balaban J connectivity index is 1.48. The van der Waals surface area contributed by atoms with E-state index in [0.717, 1.165) is 22.1 Å². The van der Waals surface area contributed by atoms with Gasteiger partial charge in [0.2, 0.25) is 0 Å². The van der Waals surface area contributed by atoms with Crippen LogP contribution in [-0.4, -0.2) is 31.1 Å². The predicted octanol–water partition coefficient (Wildman–Crippen LogP) is 6.38. The molecule has 9 heteroatoms. The van der Waals surface area contributed by atoms with Crippen molar-refractivity contribution in [2.24, 2.45) is 0 Å². The standard InChI is InChI=1S/C28H27NO7S/c1-4-14-34-27(31)23-17(3)24(28(32)33-5-2)37-26(23)29-25(30)22-13-12-21(36-22)16-35-20-11-10-18-8-6-7-9-19(18)15-20/h6-13,15H,4-5,14,16H2,1-3H3,(H,29,30). The van der Waals surface area contributed by atoms with Gasteiger partial charge in [-0.3, -0.25) is 4.79 Å². The molecule has 37 heavy (non-hydrogen) atoms. The second-order valence-corrected chi connectivity index (χ2v) is 9.16. The smallest absolute Gasteiger partial charge is 0.348 e. The van der Waals surface area contributed by atoms with Gasteiger partial charge in [-0.15, -0.1) is 11.3 Å². The highest BCUT2D eigenvalue weighted by Crippen LogP contribution is 2.35. The Morgan fingerprint density at radius 3 is 2.49 bits per heavy atom. The minimum atomic E-state index is -0.620. The summed E-state index contributed by atoms with van der Waals surface area (Å²) in [6.45, 7) is 5.72. The van der Waals surface area contributed by atoms with E-state index in [0.29, 0.717) is 23.5 Å². The van der Waals surface area contributed by atoms with E-state index in [2.05, 4.69) is 5.32 Å². The fraction of sp³-hybridized carbons (Fsp3) is 0.250. The quantitative estimate of drug-likeness (QED) is 0.242. The lowest BCUT2D eigenvalue weighted by atomic mass is 10.1. The van der Waals surface area contributed by atoms with Crippen LogP contribution in [0.5, 0.6) is 5.75 Å². The number of ether oxygens (including phenoxy) is 3. The number of rotatable bonds is 10. The molecule has 2 aromatic heterocycles. The van der Waals surface area contributed by atoms with E-state index in [-0.39, 0.29) is 41.0 Å². The summed E-state index contributed by atoms with van der Waals surface area (Å²) in [6.07, 6.45) is 0.637. The Morgan fingerprint density at radius 1 is 0.946 bits per heavy atom. The monoisotopic (exact) mass is 521 g/mol. The summed E-state index contributed by atoms with van der Waals surface area (Å²) in [7, 11) is 0. The highest BCUT2D eigenvalue weighted by Gasteiger charge is 2.28. The number of hydrogen-bond acceptors (Lipinski definition) is 8. The molecule has 192 valence electrons. The van der Waals surface area contributed by atoms with Crippen molar-refractivity contribution in [1.82, 2.24) is 0 Å². The van der Waals surface area contributed by atoms with Crippen molar-refractivity contribution < 1.29 is 33.0 Å². The topological polar surface area (TPSA) is 104 Å². The maximum Gasteiger partial charge on any atom is 0.348 e. The van der Waals surface area contributed by atoms with Crippen LogP contribution >= 0.6 is 11.3 Å². The predicted molar refractivity (Wildman–Crippen MR) is 141 cm³/mol. The molecule has 1 amide bonds. The zero-order valence-electron chi connectivity index (χ0n) is 20.8. The van der Waals surface area contributed by atoms with Gasteiger partial charge in [0.1, 0.15) is 28.0 Å². The Morgan fingerprint density at radius 2 is 1.73 bits per heavy atom. The molecule has 4 aromatic rings. The first-order chi connectivity index (χ1) is 17.9. The van der Waals surface area contributed by atoms with Crippen LogP contribution in [0.3, 0.4) is 0 Å². The van der Waals surface area contributed by atoms with E-state index >= 15 is 0 Å². The molecule has 8 nitrogen and oxygen atoms in total. The zero-order chi connectivity index (χ0) is 26.4. The van der Waals surface area contributed by atoms with Gasteiger partial charge in [-0.25, -0.2) is 9.59 Å². The van der Waals surface area contributed by atoms with Crippen molar-refractivity contribution in [2.45, 2.75) is 33.8 Å². The second-order valence-electron chi connectivity index (χ2n) is 8.13. The summed E-state index contributed by atoms with van der Waals surface area (Å²) >= 11 is 0.960. The summed E-state index contributed by atoms with van der Waals surface area (Å²) in [6, 6.07) is 16.9. The van der Waals surface area contributed by atoms with Crippen LogP contribution in [0.1, 0.15) is 62.2 Å².